The predicted octanol–water partition coefficient (Wildman–Crippen LogP) is 3.18. The van der Waals surface area contributed by atoms with Gasteiger partial charge in [0.05, 0.1) is 6.61 Å². The van der Waals surface area contributed by atoms with E-state index in [1.165, 1.54) is 5.56 Å². The number of ether oxygens (including phenoxy) is 1. The molecule has 1 atom stereocenters. The summed E-state index contributed by atoms with van der Waals surface area (Å²) in [5.41, 5.74) is 1.37. The Kier molecular flexibility index (Phi) is 7.51. The molecule has 0 saturated heterocycles. The molecule has 1 aromatic rings. The average Bonchev–Trinajstić information content (AvgIpc) is 2.41. The molecular weight excluding hydrogens is 284 g/mol. The van der Waals surface area contributed by atoms with Crippen molar-refractivity contribution in [1.29, 1.82) is 0 Å². The second kappa shape index (κ2) is 8.61. The fraction of sp³-hybridized carbons (Fsp3) is 0.600. The maximum absolute atomic E-state index is 9.56. The third-order valence-electron chi connectivity index (χ3n) is 3.32. The zero-order chi connectivity index (χ0) is 15.0. The van der Waals surface area contributed by atoms with Crippen LogP contribution in [0.4, 0.5) is 0 Å². The van der Waals surface area contributed by atoms with Crippen molar-refractivity contribution < 1.29 is 13.6 Å². The maximum atomic E-state index is 9.56. The van der Waals surface area contributed by atoms with Crippen LogP contribution in [-0.4, -0.2) is 29.7 Å². The molecule has 0 spiro atoms. The molecule has 0 fully saturated rings. The van der Waals surface area contributed by atoms with Crippen LogP contribution < -0.4 is 4.74 Å². The summed E-state index contributed by atoms with van der Waals surface area (Å²) in [6, 6.07) is 9.47. The van der Waals surface area contributed by atoms with Crippen molar-refractivity contribution in [1.82, 2.24) is 0 Å². The van der Waals surface area contributed by atoms with Gasteiger partial charge >= 0.3 is 8.56 Å². The first kappa shape index (κ1) is 17.4. The van der Waals surface area contributed by atoms with Gasteiger partial charge < -0.3 is 13.6 Å². The minimum absolute atomic E-state index is 0.582. The Bertz CT molecular complexity index is 374. The molecule has 3 nitrogen and oxygen atoms in total. The molecule has 0 bridgehead atoms. The summed E-state index contributed by atoms with van der Waals surface area (Å²) in [5, 5.41) is 0. The highest BCUT2D eigenvalue weighted by Gasteiger charge is 2.16. The highest BCUT2D eigenvalue weighted by molar-refractivity contribution is 6.68. The van der Waals surface area contributed by atoms with E-state index in [4.69, 9.17) is 8.85 Å². The van der Waals surface area contributed by atoms with Crippen LogP contribution in [0.3, 0.4) is 0 Å². The van der Waals surface area contributed by atoms with E-state index >= 15 is 0 Å². The Labute approximate surface area is 126 Å². The molecule has 20 heavy (non-hydrogen) atoms. The summed E-state index contributed by atoms with van der Waals surface area (Å²) in [6.07, 6.45) is 2.17. The first-order valence-corrected chi connectivity index (χ1v) is 11.9. The van der Waals surface area contributed by atoms with Gasteiger partial charge in [0, 0.05) is 0 Å². The largest absolute Gasteiger partial charge is 0.494 e. The number of benzene rings is 1. The second-order valence-corrected chi connectivity index (χ2v) is 10.9. The monoisotopic (exact) mass is 312 g/mol. The Hall–Kier alpha value is -0.626. The third-order valence-corrected chi connectivity index (χ3v) is 7.76. The number of rotatable bonds is 9. The normalized spacial score (nSPS) is 13.8. The molecule has 0 aliphatic heterocycles. The van der Waals surface area contributed by atoms with Crippen molar-refractivity contribution in [3.05, 3.63) is 29.8 Å². The highest BCUT2D eigenvalue weighted by atomic mass is 28.4. The van der Waals surface area contributed by atoms with Crippen LogP contribution in [0, 0.1) is 0 Å². The van der Waals surface area contributed by atoms with Crippen LogP contribution >= 0.6 is 0 Å². The van der Waals surface area contributed by atoms with Gasteiger partial charge in [-0.15, -0.1) is 0 Å². The van der Waals surface area contributed by atoms with Crippen molar-refractivity contribution in [2.45, 2.75) is 51.7 Å². The van der Waals surface area contributed by atoms with Gasteiger partial charge in [0.25, 0.3) is 0 Å². The molecule has 1 aromatic carbocycles. The lowest BCUT2D eigenvalue weighted by Gasteiger charge is -2.15. The van der Waals surface area contributed by atoms with Gasteiger partial charge in [-0.05, 0) is 55.6 Å². The standard InChI is InChI=1S/C15H28O3Si2/c1-5-13(2)14-7-9-15(10-8-14)17-11-6-12-19-18-20(3,4)16/h7-10,13,16H,5-6,11-12,19H2,1-4H3. The summed E-state index contributed by atoms with van der Waals surface area (Å²) in [7, 11) is -2.86. The lowest BCUT2D eigenvalue weighted by Crippen LogP contribution is -2.31. The van der Waals surface area contributed by atoms with Crippen LogP contribution in [0.25, 0.3) is 0 Å². The zero-order valence-electron chi connectivity index (χ0n) is 13.2. The fourth-order valence-corrected chi connectivity index (χ4v) is 4.83. The third kappa shape index (κ3) is 7.23. The topological polar surface area (TPSA) is 38.7 Å². The van der Waals surface area contributed by atoms with Crippen LogP contribution in [0.2, 0.25) is 19.1 Å². The molecule has 1 unspecified atom stereocenters. The minimum Gasteiger partial charge on any atom is -0.494 e. The molecule has 0 aliphatic carbocycles. The van der Waals surface area contributed by atoms with E-state index in [9.17, 15) is 4.80 Å². The molecule has 1 rings (SSSR count). The van der Waals surface area contributed by atoms with Gasteiger partial charge in [-0.3, -0.25) is 0 Å². The van der Waals surface area contributed by atoms with Gasteiger partial charge in [0.2, 0.25) is 0 Å². The quantitative estimate of drug-likeness (QED) is 0.562. The van der Waals surface area contributed by atoms with Gasteiger partial charge in [0.15, 0.2) is 0 Å². The molecule has 0 aromatic heterocycles. The smallest absolute Gasteiger partial charge is 0.318 e. The predicted molar refractivity (Wildman–Crippen MR) is 89.4 cm³/mol. The van der Waals surface area contributed by atoms with Crippen molar-refractivity contribution in [2.75, 3.05) is 6.61 Å². The molecule has 0 saturated carbocycles. The molecule has 114 valence electrons. The lowest BCUT2D eigenvalue weighted by atomic mass is 9.99. The number of hydrogen-bond acceptors (Lipinski definition) is 3. The SMILES string of the molecule is CCC(C)c1ccc(OCCC[SiH2]O[Si](C)(C)O)cc1. The minimum atomic E-state index is -2.28. The highest BCUT2D eigenvalue weighted by Crippen LogP contribution is 2.21. The Morgan fingerprint density at radius 3 is 2.45 bits per heavy atom. The van der Waals surface area contributed by atoms with E-state index in [1.54, 1.807) is 0 Å². The van der Waals surface area contributed by atoms with Gasteiger partial charge in [-0.1, -0.05) is 26.0 Å². The second-order valence-electron chi connectivity index (χ2n) is 5.73. The molecule has 0 amide bonds. The van der Waals surface area contributed by atoms with E-state index in [2.05, 4.69) is 38.1 Å². The van der Waals surface area contributed by atoms with Crippen LogP contribution in [0.1, 0.15) is 38.2 Å². The van der Waals surface area contributed by atoms with E-state index < -0.39 is 18.3 Å². The van der Waals surface area contributed by atoms with E-state index in [0.29, 0.717) is 5.92 Å². The lowest BCUT2D eigenvalue weighted by molar-refractivity contribution is 0.315. The summed E-state index contributed by atoms with van der Waals surface area (Å²) in [6.45, 7) is 8.81. The molecule has 1 N–H and O–H groups in total. The average molecular weight is 313 g/mol. The van der Waals surface area contributed by atoms with Crippen molar-refractivity contribution in [3.8, 4) is 5.75 Å². The first-order chi connectivity index (χ1) is 9.42. The fourth-order valence-electron chi connectivity index (χ4n) is 1.84. The summed E-state index contributed by atoms with van der Waals surface area (Å²) in [5.74, 6) is 1.55. The Morgan fingerprint density at radius 1 is 1.25 bits per heavy atom. The van der Waals surface area contributed by atoms with Crippen molar-refractivity contribution >= 4 is 18.3 Å². The summed E-state index contributed by atoms with van der Waals surface area (Å²) in [4.78, 5) is 9.56. The van der Waals surface area contributed by atoms with Crippen molar-refractivity contribution in [3.63, 3.8) is 0 Å². The van der Waals surface area contributed by atoms with Crippen LogP contribution in [0.5, 0.6) is 5.75 Å². The molecule has 0 aliphatic rings. The first-order valence-electron chi connectivity index (χ1n) is 7.51. The van der Waals surface area contributed by atoms with Gasteiger partial charge in [-0.2, -0.15) is 0 Å². The molecule has 5 heteroatoms. The number of hydrogen-bond donors (Lipinski definition) is 1. The van der Waals surface area contributed by atoms with E-state index in [-0.39, 0.29) is 0 Å². The Balaban J connectivity index is 2.19. The molecule has 0 heterocycles. The van der Waals surface area contributed by atoms with Crippen molar-refractivity contribution in [2.24, 2.45) is 0 Å². The summed E-state index contributed by atoms with van der Waals surface area (Å²) >= 11 is 0. The van der Waals surface area contributed by atoms with Gasteiger partial charge in [-0.25, -0.2) is 0 Å². The van der Waals surface area contributed by atoms with Gasteiger partial charge in [0.1, 0.15) is 15.5 Å². The molecule has 0 radical (unpaired) electrons. The summed E-state index contributed by atoms with van der Waals surface area (Å²) < 4.78 is 11.2. The Morgan fingerprint density at radius 2 is 1.90 bits per heavy atom. The molecular formula is C15H28O3Si2. The van der Waals surface area contributed by atoms with E-state index in [0.717, 1.165) is 31.2 Å². The van der Waals surface area contributed by atoms with Crippen LogP contribution in [0.15, 0.2) is 24.3 Å². The zero-order valence-corrected chi connectivity index (χ0v) is 15.6. The maximum Gasteiger partial charge on any atom is 0.318 e. The van der Waals surface area contributed by atoms with E-state index in [1.807, 2.05) is 13.1 Å². The van der Waals surface area contributed by atoms with Crippen LogP contribution in [-0.2, 0) is 4.12 Å².